The van der Waals surface area contributed by atoms with E-state index in [4.69, 9.17) is 5.11 Å². The number of aliphatic carboxylic acids is 1. The van der Waals surface area contributed by atoms with Gasteiger partial charge in [-0.25, -0.2) is 9.97 Å². The van der Waals surface area contributed by atoms with Crippen LogP contribution >= 0.6 is 0 Å². The van der Waals surface area contributed by atoms with Gasteiger partial charge in [0.2, 0.25) is 0 Å². The highest BCUT2D eigenvalue weighted by Crippen LogP contribution is 2.20. The Labute approximate surface area is 91.4 Å². The number of rotatable bonds is 2. The predicted octanol–water partition coefficient (Wildman–Crippen LogP) is 1.27. The molecule has 0 atom stereocenters. The number of phenolic OH excluding ortho intramolecular Hbond substituents is 1. The zero-order chi connectivity index (χ0) is 11.7. The first-order chi connectivity index (χ1) is 7.56. The number of aromatic hydroxyl groups is 1. The molecule has 82 valence electrons. The topological polar surface area (TPSA) is 83.3 Å². The molecule has 0 aliphatic rings. The highest BCUT2D eigenvalue weighted by Gasteiger charge is 2.08. The third-order valence-corrected chi connectivity index (χ3v) is 2.23. The quantitative estimate of drug-likeness (QED) is 0.793. The Morgan fingerprint density at radius 3 is 2.81 bits per heavy atom. The number of nitrogens with zero attached hydrogens (tertiary/aromatic N) is 2. The molecular formula is C11H10N2O3. The van der Waals surface area contributed by atoms with Crippen molar-refractivity contribution in [2.24, 2.45) is 0 Å². The fourth-order valence-corrected chi connectivity index (χ4v) is 1.55. The highest BCUT2D eigenvalue weighted by molar-refractivity contribution is 5.82. The van der Waals surface area contributed by atoms with Crippen LogP contribution in [0.3, 0.4) is 0 Å². The normalized spacial score (nSPS) is 10.6. The summed E-state index contributed by atoms with van der Waals surface area (Å²) >= 11 is 0. The number of phenols is 1. The van der Waals surface area contributed by atoms with Crippen LogP contribution in [0.5, 0.6) is 5.75 Å². The van der Waals surface area contributed by atoms with Gasteiger partial charge in [0, 0.05) is 17.1 Å². The lowest BCUT2D eigenvalue weighted by Gasteiger charge is -2.04. The molecule has 2 aromatic rings. The average molecular weight is 218 g/mol. The number of fused-ring (bicyclic) bond motifs is 1. The van der Waals surface area contributed by atoms with Gasteiger partial charge in [0.05, 0.1) is 5.52 Å². The van der Waals surface area contributed by atoms with Crippen molar-refractivity contribution in [3.63, 3.8) is 0 Å². The van der Waals surface area contributed by atoms with Gasteiger partial charge in [-0.05, 0) is 19.1 Å². The molecule has 0 unspecified atom stereocenters. The molecule has 1 aromatic carbocycles. The largest absolute Gasteiger partial charge is 0.508 e. The van der Waals surface area contributed by atoms with E-state index in [1.807, 2.05) is 0 Å². The van der Waals surface area contributed by atoms with Crippen molar-refractivity contribution >= 4 is 16.9 Å². The summed E-state index contributed by atoms with van der Waals surface area (Å²) in [5, 5.41) is 18.8. The number of carboxylic acid groups (broad SMARTS) is 1. The number of aromatic nitrogens is 2. The van der Waals surface area contributed by atoms with E-state index >= 15 is 0 Å². The summed E-state index contributed by atoms with van der Waals surface area (Å²) < 4.78 is 0. The Morgan fingerprint density at radius 1 is 1.38 bits per heavy atom. The van der Waals surface area contributed by atoms with Crippen LogP contribution < -0.4 is 0 Å². The lowest BCUT2D eigenvalue weighted by molar-refractivity contribution is -0.136. The van der Waals surface area contributed by atoms with Crippen molar-refractivity contribution in [1.29, 1.82) is 0 Å². The Morgan fingerprint density at radius 2 is 2.12 bits per heavy atom. The van der Waals surface area contributed by atoms with Crippen LogP contribution in [0.15, 0.2) is 18.2 Å². The maximum atomic E-state index is 10.6. The first-order valence-electron chi connectivity index (χ1n) is 4.74. The summed E-state index contributed by atoms with van der Waals surface area (Å²) in [4.78, 5) is 18.7. The minimum absolute atomic E-state index is 0.104. The van der Waals surface area contributed by atoms with Gasteiger partial charge in [-0.1, -0.05) is 0 Å². The zero-order valence-corrected chi connectivity index (χ0v) is 8.64. The van der Waals surface area contributed by atoms with Gasteiger partial charge in [-0.15, -0.1) is 0 Å². The monoisotopic (exact) mass is 218 g/mol. The maximum Gasteiger partial charge on any atom is 0.311 e. The molecule has 0 aliphatic carbocycles. The van der Waals surface area contributed by atoms with Gasteiger partial charge in [0.1, 0.15) is 18.0 Å². The second kappa shape index (κ2) is 3.77. The van der Waals surface area contributed by atoms with E-state index in [1.54, 1.807) is 19.1 Å². The summed E-state index contributed by atoms with van der Waals surface area (Å²) in [5.41, 5.74) is 1.27. The number of benzene rings is 1. The van der Waals surface area contributed by atoms with E-state index in [9.17, 15) is 9.90 Å². The molecule has 5 heteroatoms. The number of hydrogen-bond acceptors (Lipinski definition) is 4. The number of carbonyl (C=O) groups is 1. The van der Waals surface area contributed by atoms with Crippen LogP contribution in [-0.2, 0) is 11.2 Å². The third kappa shape index (κ3) is 1.93. The lowest BCUT2D eigenvalue weighted by Crippen LogP contribution is -2.06. The molecule has 16 heavy (non-hydrogen) atoms. The molecule has 2 rings (SSSR count). The van der Waals surface area contributed by atoms with Crippen LogP contribution in [0.1, 0.15) is 11.5 Å². The van der Waals surface area contributed by atoms with E-state index in [-0.39, 0.29) is 18.0 Å². The van der Waals surface area contributed by atoms with Crippen LogP contribution in [0.4, 0.5) is 0 Å². The molecule has 0 amide bonds. The Bertz CT molecular complexity index is 566. The van der Waals surface area contributed by atoms with Crippen molar-refractivity contribution in [3.8, 4) is 5.75 Å². The molecule has 0 fully saturated rings. The zero-order valence-electron chi connectivity index (χ0n) is 8.64. The first kappa shape index (κ1) is 10.4. The Balaban J connectivity index is 2.60. The molecule has 0 spiro atoms. The predicted molar refractivity (Wildman–Crippen MR) is 57.3 cm³/mol. The van der Waals surface area contributed by atoms with Crippen molar-refractivity contribution < 1.29 is 15.0 Å². The summed E-state index contributed by atoms with van der Waals surface area (Å²) in [6.45, 7) is 1.78. The van der Waals surface area contributed by atoms with E-state index in [0.717, 1.165) is 5.39 Å². The first-order valence-corrected chi connectivity index (χ1v) is 4.74. The minimum Gasteiger partial charge on any atom is -0.508 e. The SMILES string of the molecule is Cc1nc(CC(=O)O)nc2cc(O)ccc12. The molecule has 5 nitrogen and oxygen atoms in total. The van der Waals surface area contributed by atoms with Gasteiger partial charge >= 0.3 is 5.97 Å². The standard InChI is InChI=1S/C11H10N2O3/c1-6-8-3-2-7(14)4-9(8)13-10(12-6)5-11(15)16/h2-4,14H,5H2,1H3,(H,15,16). The molecule has 0 aliphatic heterocycles. The maximum absolute atomic E-state index is 10.6. The van der Waals surface area contributed by atoms with Crippen molar-refractivity contribution in [2.75, 3.05) is 0 Å². The smallest absolute Gasteiger partial charge is 0.311 e. The van der Waals surface area contributed by atoms with Gasteiger partial charge in [0.15, 0.2) is 0 Å². The molecule has 2 N–H and O–H groups in total. The van der Waals surface area contributed by atoms with Crippen molar-refractivity contribution in [1.82, 2.24) is 9.97 Å². The lowest BCUT2D eigenvalue weighted by atomic mass is 10.2. The molecule has 0 bridgehead atoms. The fourth-order valence-electron chi connectivity index (χ4n) is 1.55. The van der Waals surface area contributed by atoms with Gasteiger partial charge < -0.3 is 10.2 Å². The second-order valence-corrected chi connectivity index (χ2v) is 3.50. The number of aryl methyl sites for hydroxylation is 1. The Kier molecular flexibility index (Phi) is 2.44. The van der Waals surface area contributed by atoms with Crippen molar-refractivity contribution in [3.05, 3.63) is 29.7 Å². The Hall–Kier alpha value is -2.17. The van der Waals surface area contributed by atoms with Gasteiger partial charge in [-0.3, -0.25) is 4.79 Å². The van der Waals surface area contributed by atoms with Crippen molar-refractivity contribution in [2.45, 2.75) is 13.3 Å². The summed E-state index contributed by atoms with van der Waals surface area (Å²) in [5.74, 6) is -0.617. The summed E-state index contributed by atoms with van der Waals surface area (Å²) in [6.07, 6.45) is -0.216. The van der Waals surface area contributed by atoms with Gasteiger partial charge in [0.25, 0.3) is 0 Å². The van der Waals surface area contributed by atoms with E-state index in [2.05, 4.69) is 9.97 Å². The van der Waals surface area contributed by atoms with Crippen LogP contribution in [0.2, 0.25) is 0 Å². The minimum atomic E-state index is -0.973. The van der Waals surface area contributed by atoms with E-state index < -0.39 is 5.97 Å². The molecular weight excluding hydrogens is 208 g/mol. The second-order valence-electron chi connectivity index (χ2n) is 3.50. The number of hydrogen-bond donors (Lipinski definition) is 2. The fraction of sp³-hybridized carbons (Fsp3) is 0.182. The van der Waals surface area contributed by atoms with Gasteiger partial charge in [-0.2, -0.15) is 0 Å². The summed E-state index contributed by atoms with van der Waals surface area (Å²) in [7, 11) is 0. The molecule has 1 heterocycles. The summed E-state index contributed by atoms with van der Waals surface area (Å²) in [6, 6.07) is 4.76. The molecule has 1 aromatic heterocycles. The van der Waals surface area contributed by atoms with E-state index in [1.165, 1.54) is 6.07 Å². The van der Waals surface area contributed by atoms with Crippen LogP contribution in [0, 0.1) is 6.92 Å². The van der Waals surface area contributed by atoms with Crippen LogP contribution in [0.25, 0.3) is 10.9 Å². The van der Waals surface area contributed by atoms with E-state index in [0.29, 0.717) is 11.2 Å². The number of carboxylic acids is 1. The highest BCUT2D eigenvalue weighted by atomic mass is 16.4. The van der Waals surface area contributed by atoms with Crippen LogP contribution in [-0.4, -0.2) is 26.2 Å². The molecule has 0 radical (unpaired) electrons. The average Bonchev–Trinajstić information content (AvgIpc) is 2.15. The molecule has 0 saturated heterocycles. The third-order valence-electron chi connectivity index (χ3n) is 2.23. The molecule has 0 saturated carbocycles.